The van der Waals surface area contributed by atoms with Crippen LogP contribution in [0.2, 0.25) is 0 Å². The fourth-order valence-corrected chi connectivity index (χ4v) is 5.39. The standard InChI is InChI=1S/C18H27N7O7S2/c1-22-5-6-25(10-11(22)16(28)29)7-9-34(31,32)21-12(26)4-8-33-17-19-13-14(20-17)23(2)18(30)24(3)15(13)27/h11H,4-10H2,1-3H3,(H,19,20)(H,21,26)(H,28,29)/t11-/m1/s1. The number of H-pyrrole nitrogens is 1. The third kappa shape index (κ3) is 5.86. The van der Waals surface area contributed by atoms with Crippen molar-refractivity contribution in [2.75, 3.05) is 44.7 Å². The Morgan fingerprint density at radius 3 is 2.59 bits per heavy atom. The van der Waals surface area contributed by atoms with Crippen LogP contribution in [0.25, 0.3) is 11.2 Å². The number of nitrogens with zero attached hydrogens (tertiary/aromatic N) is 5. The second-order valence-corrected chi connectivity index (χ2v) is 10.9. The fraction of sp³-hybridized carbons (Fsp3) is 0.611. The number of aromatic amines is 1. The Labute approximate surface area is 199 Å². The molecule has 1 amide bonds. The lowest BCUT2D eigenvalue weighted by molar-refractivity contribution is -0.145. The van der Waals surface area contributed by atoms with E-state index >= 15 is 0 Å². The molecule has 3 rings (SSSR count). The quantitative estimate of drug-likeness (QED) is 0.302. The second-order valence-electron chi connectivity index (χ2n) is 8.02. The molecule has 0 aromatic carbocycles. The van der Waals surface area contributed by atoms with Crippen molar-refractivity contribution >= 4 is 44.8 Å². The number of carbonyl (C=O) groups is 2. The van der Waals surface area contributed by atoms with Crippen LogP contribution in [0.15, 0.2) is 14.7 Å². The van der Waals surface area contributed by atoms with Gasteiger partial charge in [-0.1, -0.05) is 11.8 Å². The summed E-state index contributed by atoms with van der Waals surface area (Å²) in [5.74, 6) is -1.79. The largest absolute Gasteiger partial charge is 0.480 e. The molecule has 16 heteroatoms. The summed E-state index contributed by atoms with van der Waals surface area (Å²) >= 11 is 1.11. The first-order valence-corrected chi connectivity index (χ1v) is 13.0. The van der Waals surface area contributed by atoms with Crippen LogP contribution in [0.4, 0.5) is 0 Å². The minimum atomic E-state index is -3.88. The molecule has 0 aliphatic carbocycles. The molecular formula is C18H27N7O7S2. The van der Waals surface area contributed by atoms with Crippen LogP contribution in [0.1, 0.15) is 6.42 Å². The normalized spacial score (nSPS) is 17.8. The molecular weight excluding hydrogens is 490 g/mol. The zero-order valence-corrected chi connectivity index (χ0v) is 20.6. The minimum Gasteiger partial charge on any atom is -0.480 e. The summed E-state index contributed by atoms with van der Waals surface area (Å²) in [7, 11) is 0.666. The van der Waals surface area contributed by atoms with Gasteiger partial charge in [0.05, 0.1) is 5.75 Å². The Morgan fingerprint density at radius 1 is 1.21 bits per heavy atom. The number of amides is 1. The number of likely N-dealkylation sites (N-methyl/N-ethyl adjacent to an activating group) is 1. The maximum absolute atomic E-state index is 12.3. The number of aliphatic carboxylic acids is 1. The molecule has 0 radical (unpaired) electrons. The molecule has 34 heavy (non-hydrogen) atoms. The van der Waals surface area contributed by atoms with E-state index < -0.39 is 39.2 Å². The first-order valence-electron chi connectivity index (χ1n) is 10.4. The molecule has 14 nitrogen and oxygen atoms in total. The van der Waals surface area contributed by atoms with E-state index in [2.05, 4.69) is 9.97 Å². The zero-order valence-electron chi connectivity index (χ0n) is 19.0. The van der Waals surface area contributed by atoms with Gasteiger partial charge in [-0.25, -0.2) is 18.2 Å². The number of aromatic nitrogens is 4. The van der Waals surface area contributed by atoms with Crippen LogP contribution < -0.4 is 16.0 Å². The molecule has 0 saturated carbocycles. The highest BCUT2D eigenvalue weighted by Crippen LogP contribution is 2.17. The first-order chi connectivity index (χ1) is 15.9. The second kappa shape index (κ2) is 10.3. The van der Waals surface area contributed by atoms with Crippen LogP contribution >= 0.6 is 11.8 Å². The van der Waals surface area contributed by atoms with Gasteiger partial charge in [-0.2, -0.15) is 0 Å². The fourth-order valence-electron chi connectivity index (χ4n) is 3.54. The number of aryl methyl sites for hydroxylation is 1. The van der Waals surface area contributed by atoms with E-state index in [0.29, 0.717) is 18.2 Å². The van der Waals surface area contributed by atoms with Gasteiger partial charge in [-0.15, -0.1) is 0 Å². The van der Waals surface area contributed by atoms with Gasteiger partial charge in [0.25, 0.3) is 5.56 Å². The van der Waals surface area contributed by atoms with Crippen molar-refractivity contribution in [1.82, 2.24) is 33.6 Å². The molecule has 3 heterocycles. The van der Waals surface area contributed by atoms with E-state index in [1.54, 1.807) is 16.8 Å². The Bertz CT molecular complexity index is 1310. The number of carboxylic acid groups (broad SMARTS) is 1. The van der Waals surface area contributed by atoms with E-state index in [1.807, 2.05) is 4.72 Å². The molecule has 0 unspecified atom stereocenters. The number of hydrogen-bond acceptors (Lipinski definition) is 10. The first kappa shape index (κ1) is 25.9. The van der Waals surface area contributed by atoms with E-state index in [-0.39, 0.29) is 42.2 Å². The van der Waals surface area contributed by atoms with Gasteiger partial charge in [-0.05, 0) is 7.05 Å². The number of imidazole rings is 1. The van der Waals surface area contributed by atoms with E-state index in [0.717, 1.165) is 16.3 Å². The smallest absolute Gasteiger partial charge is 0.332 e. The van der Waals surface area contributed by atoms with Crippen LogP contribution in [-0.2, 0) is 33.7 Å². The highest BCUT2D eigenvalue weighted by atomic mass is 32.2. The topological polar surface area (TPSA) is 180 Å². The molecule has 1 aliphatic heterocycles. The molecule has 3 N–H and O–H groups in total. The predicted molar refractivity (Wildman–Crippen MR) is 124 cm³/mol. The van der Waals surface area contributed by atoms with Crippen molar-refractivity contribution < 1.29 is 23.1 Å². The van der Waals surface area contributed by atoms with Crippen molar-refractivity contribution in [3.63, 3.8) is 0 Å². The monoisotopic (exact) mass is 517 g/mol. The van der Waals surface area contributed by atoms with Crippen LogP contribution in [0, 0.1) is 0 Å². The lowest BCUT2D eigenvalue weighted by atomic mass is 10.2. The van der Waals surface area contributed by atoms with Crippen molar-refractivity contribution in [3.8, 4) is 0 Å². The molecule has 2 aromatic rings. The van der Waals surface area contributed by atoms with Crippen LogP contribution in [0.3, 0.4) is 0 Å². The Hall–Kier alpha value is -2.69. The van der Waals surface area contributed by atoms with Gasteiger partial charge in [-0.3, -0.25) is 38.0 Å². The average Bonchev–Trinajstić information content (AvgIpc) is 3.19. The van der Waals surface area contributed by atoms with Crippen LogP contribution in [-0.4, -0.2) is 105 Å². The van der Waals surface area contributed by atoms with E-state index in [4.69, 9.17) is 0 Å². The maximum atomic E-state index is 12.3. The van der Waals surface area contributed by atoms with Crippen molar-refractivity contribution in [2.24, 2.45) is 14.1 Å². The van der Waals surface area contributed by atoms with Gasteiger partial charge in [0.1, 0.15) is 6.04 Å². The highest BCUT2D eigenvalue weighted by Gasteiger charge is 2.30. The van der Waals surface area contributed by atoms with Gasteiger partial charge in [0.15, 0.2) is 16.3 Å². The van der Waals surface area contributed by atoms with Gasteiger partial charge in [0.2, 0.25) is 15.9 Å². The maximum Gasteiger partial charge on any atom is 0.332 e. The Kier molecular flexibility index (Phi) is 7.84. The Balaban J connectivity index is 1.49. The third-order valence-electron chi connectivity index (χ3n) is 5.60. The Morgan fingerprint density at radius 2 is 1.91 bits per heavy atom. The number of nitrogens with one attached hydrogen (secondary N) is 2. The zero-order chi connectivity index (χ0) is 25.2. The molecule has 1 fully saturated rings. The molecule has 0 spiro atoms. The summed E-state index contributed by atoms with van der Waals surface area (Å²) in [5.41, 5.74) is -0.679. The summed E-state index contributed by atoms with van der Waals surface area (Å²) in [6, 6.07) is -0.705. The van der Waals surface area contributed by atoms with Crippen molar-refractivity contribution in [1.29, 1.82) is 0 Å². The molecule has 0 bridgehead atoms. The number of carbonyl (C=O) groups excluding carboxylic acids is 1. The van der Waals surface area contributed by atoms with Crippen molar-refractivity contribution in [3.05, 3.63) is 20.8 Å². The average molecular weight is 518 g/mol. The number of carboxylic acids is 1. The number of thioether (sulfide) groups is 1. The number of rotatable bonds is 9. The molecule has 1 atom stereocenters. The van der Waals surface area contributed by atoms with Gasteiger partial charge >= 0.3 is 11.7 Å². The molecule has 2 aromatic heterocycles. The van der Waals surface area contributed by atoms with Crippen molar-refractivity contribution in [2.45, 2.75) is 17.6 Å². The molecule has 1 saturated heterocycles. The minimum absolute atomic E-state index is 0.113. The highest BCUT2D eigenvalue weighted by molar-refractivity contribution is 7.99. The summed E-state index contributed by atoms with van der Waals surface area (Å²) in [4.78, 5) is 58.1. The van der Waals surface area contributed by atoms with E-state index in [9.17, 15) is 32.7 Å². The van der Waals surface area contributed by atoms with Gasteiger partial charge in [0, 0.05) is 52.4 Å². The number of sulfonamides is 1. The molecule has 1 aliphatic rings. The summed E-state index contributed by atoms with van der Waals surface area (Å²) in [5, 5.41) is 9.57. The SMILES string of the molecule is CN1CCN(CCS(=O)(=O)NC(=O)CCSc2nc3c([nH]2)c(=O)n(C)c(=O)n3C)C[C@@H]1C(=O)O. The van der Waals surface area contributed by atoms with Gasteiger partial charge < -0.3 is 10.1 Å². The summed E-state index contributed by atoms with van der Waals surface area (Å²) in [6.07, 6.45) is -0.118. The number of piperazine rings is 1. The molecule has 188 valence electrons. The third-order valence-corrected chi connectivity index (χ3v) is 7.74. The lowest BCUT2D eigenvalue weighted by Gasteiger charge is -2.37. The van der Waals surface area contributed by atoms with E-state index in [1.165, 1.54) is 18.7 Å². The lowest BCUT2D eigenvalue weighted by Crippen LogP contribution is -2.55. The predicted octanol–water partition coefficient (Wildman–Crippen LogP) is -2.41. The summed E-state index contributed by atoms with van der Waals surface area (Å²) in [6.45, 7) is 1.36. The van der Waals surface area contributed by atoms with Crippen LogP contribution in [0.5, 0.6) is 0 Å². The number of fused-ring (bicyclic) bond motifs is 1. The summed E-state index contributed by atoms with van der Waals surface area (Å²) < 4.78 is 28.8. The number of hydrogen-bond donors (Lipinski definition) is 3.